The van der Waals surface area contributed by atoms with Gasteiger partial charge in [-0.1, -0.05) is 17.7 Å². The average Bonchev–Trinajstić information content (AvgIpc) is 2.88. The van der Waals surface area contributed by atoms with Gasteiger partial charge in [-0.05, 0) is 38.8 Å². The fraction of sp³-hybridized carbons (Fsp3) is 0.533. The van der Waals surface area contributed by atoms with Crippen LogP contribution < -0.4 is 10.5 Å². The van der Waals surface area contributed by atoms with Gasteiger partial charge in [-0.2, -0.15) is 0 Å². The third-order valence-corrected chi connectivity index (χ3v) is 3.61. The number of nitrogens with zero attached hydrogens (tertiary/aromatic N) is 1. The number of carbonyl (C=O) groups excluding carboxylic acids is 1. The van der Waals surface area contributed by atoms with Gasteiger partial charge < -0.3 is 15.4 Å². The molecule has 0 aromatic heterocycles. The number of likely N-dealkylation sites (tertiary alicyclic amines) is 1. The van der Waals surface area contributed by atoms with E-state index in [0.29, 0.717) is 6.54 Å². The second-order valence-electron chi connectivity index (χ2n) is 5.14. The van der Waals surface area contributed by atoms with E-state index in [2.05, 4.69) is 0 Å². The molecule has 1 aliphatic heterocycles. The number of benzene rings is 1. The molecule has 2 rings (SSSR count). The first kappa shape index (κ1) is 16.8. The lowest BCUT2D eigenvalue weighted by atomic mass is 10.2. The predicted octanol–water partition coefficient (Wildman–Crippen LogP) is 2.13. The van der Waals surface area contributed by atoms with Crippen molar-refractivity contribution in [1.82, 2.24) is 4.90 Å². The second-order valence-corrected chi connectivity index (χ2v) is 5.14. The van der Waals surface area contributed by atoms with E-state index < -0.39 is 6.10 Å². The zero-order valence-electron chi connectivity index (χ0n) is 12.0. The summed E-state index contributed by atoms with van der Waals surface area (Å²) in [5.74, 6) is 0.767. The maximum atomic E-state index is 12.3. The van der Waals surface area contributed by atoms with E-state index in [1.165, 1.54) is 5.56 Å². The minimum atomic E-state index is -0.463. The number of amides is 1. The Hall–Kier alpha value is -1.26. The van der Waals surface area contributed by atoms with Gasteiger partial charge in [0.25, 0.3) is 5.91 Å². The molecule has 0 saturated carbocycles. The van der Waals surface area contributed by atoms with Crippen LogP contribution in [0.5, 0.6) is 5.75 Å². The molecule has 0 bridgehead atoms. The molecule has 1 aromatic rings. The Bertz CT molecular complexity index is 436. The van der Waals surface area contributed by atoms with Gasteiger partial charge in [0.1, 0.15) is 5.75 Å². The van der Waals surface area contributed by atoms with E-state index in [4.69, 9.17) is 10.5 Å². The maximum Gasteiger partial charge on any atom is 0.263 e. The van der Waals surface area contributed by atoms with Crippen LogP contribution in [-0.2, 0) is 4.79 Å². The van der Waals surface area contributed by atoms with E-state index in [-0.39, 0.29) is 24.4 Å². The van der Waals surface area contributed by atoms with Crippen LogP contribution in [0.1, 0.15) is 25.3 Å². The molecule has 1 aromatic carbocycles. The molecule has 1 saturated heterocycles. The lowest BCUT2D eigenvalue weighted by Crippen LogP contribution is -2.45. The highest BCUT2D eigenvalue weighted by molar-refractivity contribution is 5.85. The van der Waals surface area contributed by atoms with Crippen LogP contribution in [0, 0.1) is 6.92 Å². The van der Waals surface area contributed by atoms with Crippen LogP contribution in [-0.4, -0.2) is 36.0 Å². The number of aryl methyl sites for hydroxylation is 1. The summed E-state index contributed by atoms with van der Waals surface area (Å²) < 4.78 is 5.70. The molecular formula is C15H23ClN2O2. The highest BCUT2D eigenvalue weighted by Gasteiger charge is 2.31. The molecule has 20 heavy (non-hydrogen) atoms. The van der Waals surface area contributed by atoms with Gasteiger partial charge >= 0.3 is 0 Å². The number of rotatable bonds is 4. The maximum absolute atomic E-state index is 12.3. The number of carbonyl (C=O) groups is 1. The number of nitrogens with two attached hydrogens (primary N) is 1. The molecule has 112 valence electrons. The lowest BCUT2D eigenvalue weighted by molar-refractivity contribution is -0.138. The first-order valence-electron chi connectivity index (χ1n) is 6.85. The largest absolute Gasteiger partial charge is 0.481 e. The van der Waals surface area contributed by atoms with Crippen molar-refractivity contribution in [3.05, 3.63) is 29.8 Å². The molecule has 2 atom stereocenters. The molecule has 1 aliphatic rings. The molecular weight excluding hydrogens is 276 g/mol. The molecule has 2 N–H and O–H groups in total. The minimum absolute atomic E-state index is 0. The Morgan fingerprint density at radius 3 is 2.70 bits per heavy atom. The van der Waals surface area contributed by atoms with Crippen LogP contribution in [0.2, 0.25) is 0 Å². The van der Waals surface area contributed by atoms with Crippen molar-refractivity contribution in [2.75, 3.05) is 13.1 Å². The summed E-state index contributed by atoms with van der Waals surface area (Å²) >= 11 is 0. The molecule has 0 aliphatic carbocycles. The molecule has 0 radical (unpaired) electrons. The van der Waals surface area contributed by atoms with E-state index in [9.17, 15) is 4.79 Å². The molecule has 4 nitrogen and oxygen atoms in total. The van der Waals surface area contributed by atoms with Gasteiger partial charge in [0.15, 0.2) is 6.10 Å². The summed E-state index contributed by atoms with van der Waals surface area (Å²) in [5, 5.41) is 0. The first-order valence-corrected chi connectivity index (χ1v) is 6.85. The zero-order chi connectivity index (χ0) is 13.8. The molecule has 1 heterocycles. The molecule has 1 fully saturated rings. The third-order valence-electron chi connectivity index (χ3n) is 3.61. The summed E-state index contributed by atoms with van der Waals surface area (Å²) in [6.07, 6.45) is 1.57. The number of ether oxygens (including phenoxy) is 1. The normalized spacial score (nSPS) is 19.4. The van der Waals surface area contributed by atoms with E-state index >= 15 is 0 Å². The standard InChI is InChI=1S/C15H22N2O2.ClH/c1-11-5-7-14(8-6-11)19-12(2)15(18)17-9-3-4-13(17)10-16;/h5-8,12-13H,3-4,9-10,16H2,1-2H3;1H. The second kappa shape index (κ2) is 7.50. The van der Waals surface area contributed by atoms with Gasteiger partial charge in [0, 0.05) is 19.1 Å². The predicted molar refractivity (Wildman–Crippen MR) is 82.3 cm³/mol. The summed E-state index contributed by atoms with van der Waals surface area (Å²) in [6, 6.07) is 7.92. The molecule has 0 spiro atoms. The Morgan fingerprint density at radius 2 is 2.10 bits per heavy atom. The van der Waals surface area contributed by atoms with Crippen molar-refractivity contribution in [2.45, 2.75) is 38.8 Å². The zero-order valence-corrected chi connectivity index (χ0v) is 12.9. The summed E-state index contributed by atoms with van der Waals surface area (Å²) in [4.78, 5) is 14.2. The van der Waals surface area contributed by atoms with Crippen LogP contribution in [0.15, 0.2) is 24.3 Å². The van der Waals surface area contributed by atoms with Crippen molar-refractivity contribution < 1.29 is 9.53 Å². The highest BCUT2D eigenvalue weighted by atomic mass is 35.5. The SMILES string of the molecule is Cc1ccc(OC(C)C(=O)N2CCCC2CN)cc1.Cl. The third kappa shape index (κ3) is 3.87. The molecule has 1 amide bonds. The van der Waals surface area contributed by atoms with Gasteiger partial charge in [-0.15, -0.1) is 12.4 Å². The van der Waals surface area contributed by atoms with Crippen molar-refractivity contribution in [2.24, 2.45) is 5.73 Å². The van der Waals surface area contributed by atoms with Crippen LogP contribution >= 0.6 is 12.4 Å². The fourth-order valence-electron chi connectivity index (χ4n) is 2.48. The number of hydrogen-bond donors (Lipinski definition) is 1. The van der Waals surface area contributed by atoms with Crippen LogP contribution in [0.25, 0.3) is 0 Å². The first-order chi connectivity index (χ1) is 9.11. The summed E-state index contributed by atoms with van der Waals surface area (Å²) in [6.45, 7) is 5.15. The average molecular weight is 299 g/mol. The summed E-state index contributed by atoms with van der Waals surface area (Å²) in [7, 11) is 0. The lowest BCUT2D eigenvalue weighted by Gasteiger charge is -2.26. The Kier molecular flexibility index (Phi) is 6.30. The van der Waals surface area contributed by atoms with Crippen LogP contribution in [0.4, 0.5) is 0 Å². The molecule has 2 unspecified atom stereocenters. The van der Waals surface area contributed by atoms with Crippen molar-refractivity contribution in [3.8, 4) is 5.75 Å². The van der Waals surface area contributed by atoms with E-state index in [1.54, 1.807) is 6.92 Å². The van der Waals surface area contributed by atoms with Gasteiger partial charge in [0.2, 0.25) is 0 Å². The van der Waals surface area contributed by atoms with Gasteiger partial charge in [0.05, 0.1) is 0 Å². The Balaban J connectivity index is 0.00000200. The van der Waals surface area contributed by atoms with E-state index in [0.717, 1.165) is 25.1 Å². The fourth-order valence-corrected chi connectivity index (χ4v) is 2.48. The van der Waals surface area contributed by atoms with Gasteiger partial charge in [-0.3, -0.25) is 4.79 Å². The Labute approximate surface area is 126 Å². The monoisotopic (exact) mass is 298 g/mol. The van der Waals surface area contributed by atoms with Crippen LogP contribution in [0.3, 0.4) is 0 Å². The van der Waals surface area contributed by atoms with Crippen molar-refractivity contribution in [3.63, 3.8) is 0 Å². The topological polar surface area (TPSA) is 55.6 Å². The minimum Gasteiger partial charge on any atom is -0.481 e. The highest BCUT2D eigenvalue weighted by Crippen LogP contribution is 2.19. The number of hydrogen-bond acceptors (Lipinski definition) is 3. The van der Waals surface area contributed by atoms with E-state index in [1.807, 2.05) is 36.1 Å². The summed E-state index contributed by atoms with van der Waals surface area (Å²) in [5.41, 5.74) is 6.87. The van der Waals surface area contributed by atoms with Crippen molar-refractivity contribution in [1.29, 1.82) is 0 Å². The van der Waals surface area contributed by atoms with Crippen molar-refractivity contribution >= 4 is 18.3 Å². The Morgan fingerprint density at radius 1 is 1.45 bits per heavy atom. The quantitative estimate of drug-likeness (QED) is 0.926. The smallest absolute Gasteiger partial charge is 0.263 e. The number of halogens is 1. The molecule has 5 heteroatoms. The van der Waals surface area contributed by atoms with Gasteiger partial charge in [-0.25, -0.2) is 0 Å².